The van der Waals surface area contributed by atoms with Crippen molar-refractivity contribution in [1.29, 1.82) is 0 Å². The minimum atomic E-state index is 0.661. The molecule has 1 fully saturated rings. The van der Waals surface area contributed by atoms with Crippen LogP contribution in [-0.2, 0) is 0 Å². The summed E-state index contributed by atoms with van der Waals surface area (Å²) in [5, 5.41) is 3.76. The van der Waals surface area contributed by atoms with Crippen LogP contribution in [0.5, 0.6) is 0 Å². The number of rotatable bonds is 3. The summed E-state index contributed by atoms with van der Waals surface area (Å²) in [5.74, 6) is 0.906. The number of nitrogens with one attached hydrogen (secondary N) is 1. The summed E-state index contributed by atoms with van der Waals surface area (Å²) in [7, 11) is 4.18. The fourth-order valence-electron chi connectivity index (χ4n) is 2.94. The van der Waals surface area contributed by atoms with E-state index in [1.54, 1.807) is 0 Å². The van der Waals surface area contributed by atoms with Crippen LogP contribution in [0, 0.1) is 12.8 Å². The van der Waals surface area contributed by atoms with Gasteiger partial charge in [0.1, 0.15) is 0 Å². The topological polar surface area (TPSA) is 15.3 Å². The average molecular weight is 260 g/mol. The maximum Gasteiger partial charge on any atom is 0.0373 e. The highest BCUT2D eigenvalue weighted by molar-refractivity contribution is 5.60. The van der Waals surface area contributed by atoms with Gasteiger partial charge in [0, 0.05) is 31.5 Å². The Kier molecular flexibility index (Phi) is 4.73. The Morgan fingerprint density at radius 3 is 2.58 bits per heavy atom. The molecule has 0 bridgehead atoms. The van der Waals surface area contributed by atoms with Crippen LogP contribution < -0.4 is 10.2 Å². The summed E-state index contributed by atoms with van der Waals surface area (Å²) in [6.07, 6.45) is 6.77. The van der Waals surface area contributed by atoms with Crippen LogP contribution >= 0.6 is 0 Å². The number of hydrogen-bond acceptors (Lipinski definition) is 2. The molecule has 1 aromatic rings. The summed E-state index contributed by atoms with van der Waals surface area (Å²) >= 11 is 0. The molecule has 2 atom stereocenters. The van der Waals surface area contributed by atoms with E-state index >= 15 is 0 Å². The van der Waals surface area contributed by atoms with Crippen molar-refractivity contribution in [2.24, 2.45) is 5.92 Å². The first-order chi connectivity index (χ1) is 9.06. The Labute approximate surface area is 118 Å². The third kappa shape index (κ3) is 3.89. The van der Waals surface area contributed by atoms with Gasteiger partial charge in [0.05, 0.1) is 0 Å². The SMILES string of the molecule is Cc1cc(N(C)C)ccc1NC1CCCC(C)CC1. The molecular formula is C17H28N2. The predicted octanol–water partition coefficient (Wildman–Crippen LogP) is 4.44. The second-order valence-corrected chi connectivity index (χ2v) is 6.35. The molecule has 1 aliphatic rings. The first kappa shape index (κ1) is 14.2. The van der Waals surface area contributed by atoms with Gasteiger partial charge < -0.3 is 10.2 Å². The van der Waals surface area contributed by atoms with Crippen molar-refractivity contribution >= 4 is 11.4 Å². The van der Waals surface area contributed by atoms with Crippen molar-refractivity contribution in [1.82, 2.24) is 0 Å². The Morgan fingerprint density at radius 1 is 1.11 bits per heavy atom. The van der Waals surface area contributed by atoms with E-state index in [0.29, 0.717) is 6.04 Å². The molecule has 0 aliphatic heterocycles. The van der Waals surface area contributed by atoms with E-state index in [2.05, 4.69) is 56.4 Å². The summed E-state index contributed by atoms with van der Waals surface area (Å²) in [4.78, 5) is 2.16. The molecule has 1 aliphatic carbocycles. The van der Waals surface area contributed by atoms with E-state index in [1.165, 1.54) is 49.0 Å². The smallest absolute Gasteiger partial charge is 0.0373 e. The van der Waals surface area contributed by atoms with Crippen molar-refractivity contribution < 1.29 is 0 Å². The Morgan fingerprint density at radius 2 is 1.89 bits per heavy atom. The molecule has 1 N–H and O–H groups in total. The van der Waals surface area contributed by atoms with E-state index in [0.717, 1.165) is 5.92 Å². The van der Waals surface area contributed by atoms with Gasteiger partial charge >= 0.3 is 0 Å². The van der Waals surface area contributed by atoms with Crippen LogP contribution in [0.1, 0.15) is 44.6 Å². The van der Waals surface area contributed by atoms with Crippen LogP contribution in [0.4, 0.5) is 11.4 Å². The van der Waals surface area contributed by atoms with Gasteiger partial charge in [0.25, 0.3) is 0 Å². The van der Waals surface area contributed by atoms with Gasteiger partial charge in [0.2, 0.25) is 0 Å². The molecule has 19 heavy (non-hydrogen) atoms. The van der Waals surface area contributed by atoms with Crippen molar-refractivity contribution in [3.05, 3.63) is 23.8 Å². The predicted molar refractivity (Wildman–Crippen MR) is 85.2 cm³/mol. The molecule has 0 radical (unpaired) electrons. The van der Waals surface area contributed by atoms with Crippen molar-refractivity contribution in [2.75, 3.05) is 24.3 Å². The van der Waals surface area contributed by atoms with Crippen molar-refractivity contribution in [3.8, 4) is 0 Å². The molecule has 106 valence electrons. The largest absolute Gasteiger partial charge is 0.382 e. The quantitative estimate of drug-likeness (QED) is 0.808. The van der Waals surface area contributed by atoms with Crippen molar-refractivity contribution in [3.63, 3.8) is 0 Å². The second kappa shape index (κ2) is 6.31. The van der Waals surface area contributed by atoms with E-state index in [9.17, 15) is 0 Å². The summed E-state index contributed by atoms with van der Waals surface area (Å²) in [5.41, 5.74) is 3.94. The van der Waals surface area contributed by atoms with Crippen LogP contribution in [0.3, 0.4) is 0 Å². The highest BCUT2D eigenvalue weighted by Gasteiger charge is 2.16. The van der Waals surface area contributed by atoms with Gasteiger partial charge in [-0.15, -0.1) is 0 Å². The first-order valence-electron chi connectivity index (χ1n) is 7.61. The van der Waals surface area contributed by atoms with Gasteiger partial charge in [-0.25, -0.2) is 0 Å². The molecule has 2 unspecified atom stereocenters. The summed E-state index contributed by atoms with van der Waals surface area (Å²) in [6, 6.07) is 7.36. The number of anilines is 2. The fraction of sp³-hybridized carbons (Fsp3) is 0.647. The molecule has 1 aromatic carbocycles. The zero-order chi connectivity index (χ0) is 13.8. The number of nitrogens with zero attached hydrogens (tertiary/aromatic N) is 1. The lowest BCUT2D eigenvalue weighted by molar-refractivity contribution is 0.502. The van der Waals surface area contributed by atoms with Crippen LogP contribution in [0.15, 0.2) is 18.2 Å². The molecule has 0 amide bonds. The maximum absolute atomic E-state index is 3.76. The fourth-order valence-corrected chi connectivity index (χ4v) is 2.94. The molecule has 0 saturated heterocycles. The second-order valence-electron chi connectivity index (χ2n) is 6.35. The molecule has 0 spiro atoms. The van der Waals surface area contributed by atoms with Crippen molar-refractivity contribution in [2.45, 2.75) is 52.0 Å². The zero-order valence-electron chi connectivity index (χ0n) is 12.9. The third-order valence-electron chi connectivity index (χ3n) is 4.34. The highest BCUT2D eigenvalue weighted by atomic mass is 15.1. The summed E-state index contributed by atoms with van der Waals surface area (Å²) in [6.45, 7) is 4.59. The van der Waals surface area contributed by atoms with Gasteiger partial charge in [-0.05, 0) is 55.9 Å². The molecule has 0 heterocycles. The number of benzene rings is 1. The van der Waals surface area contributed by atoms with Gasteiger partial charge in [-0.3, -0.25) is 0 Å². The molecular weight excluding hydrogens is 232 g/mol. The Bertz CT molecular complexity index is 412. The molecule has 2 nitrogen and oxygen atoms in total. The molecule has 2 rings (SSSR count). The first-order valence-corrected chi connectivity index (χ1v) is 7.61. The molecule has 0 aromatic heterocycles. The van der Waals surface area contributed by atoms with Gasteiger partial charge in [0.15, 0.2) is 0 Å². The lowest BCUT2D eigenvalue weighted by atomic mass is 10.0. The summed E-state index contributed by atoms with van der Waals surface area (Å²) < 4.78 is 0. The van der Waals surface area contributed by atoms with Crippen LogP contribution in [-0.4, -0.2) is 20.1 Å². The number of aryl methyl sites for hydroxylation is 1. The Hall–Kier alpha value is -1.18. The lowest BCUT2D eigenvalue weighted by Gasteiger charge is -2.21. The van der Waals surface area contributed by atoms with E-state index in [-0.39, 0.29) is 0 Å². The van der Waals surface area contributed by atoms with Gasteiger partial charge in [-0.2, -0.15) is 0 Å². The van der Waals surface area contributed by atoms with E-state index in [4.69, 9.17) is 0 Å². The molecule has 2 heteroatoms. The minimum Gasteiger partial charge on any atom is -0.382 e. The van der Waals surface area contributed by atoms with Crippen LogP contribution in [0.25, 0.3) is 0 Å². The third-order valence-corrected chi connectivity index (χ3v) is 4.34. The minimum absolute atomic E-state index is 0.661. The van der Waals surface area contributed by atoms with Gasteiger partial charge in [-0.1, -0.05) is 19.8 Å². The van der Waals surface area contributed by atoms with E-state index < -0.39 is 0 Å². The van der Waals surface area contributed by atoms with Crippen LogP contribution in [0.2, 0.25) is 0 Å². The van der Waals surface area contributed by atoms with E-state index in [1.807, 2.05) is 0 Å². The monoisotopic (exact) mass is 260 g/mol. The maximum atomic E-state index is 3.76. The average Bonchev–Trinajstić information content (AvgIpc) is 2.57. The normalized spacial score (nSPS) is 23.8. The standard InChI is InChI=1S/C17H28N2/c1-13-6-5-7-15(9-8-13)18-17-11-10-16(19(3)4)12-14(17)2/h10-13,15,18H,5-9H2,1-4H3. The molecule has 1 saturated carbocycles. The zero-order valence-corrected chi connectivity index (χ0v) is 12.9. The Balaban J connectivity index is 2.02. The highest BCUT2D eigenvalue weighted by Crippen LogP contribution is 2.27. The number of hydrogen-bond donors (Lipinski definition) is 1. The lowest BCUT2D eigenvalue weighted by Crippen LogP contribution is -2.19.